The van der Waals surface area contributed by atoms with E-state index in [4.69, 9.17) is 16.6 Å². The van der Waals surface area contributed by atoms with Crippen LogP contribution < -0.4 is 0 Å². The van der Waals surface area contributed by atoms with E-state index in [2.05, 4.69) is 10.1 Å². The van der Waals surface area contributed by atoms with Crippen molar-refractivity contribution in [3.8, 4) is 17.2 Å². The Labute approximate surface area is 144 Å². The van der Waals surface area contributed by atoms with Crippen molar-refractivity contribution in [3.05, 3.63) is 71.0 Å². The third kappa shape index (κ3) is 2.55. The number of halogens is 1. The molecule has 0 radical (unpaired) electrons. The molecule has 0 saturated carbocycles. The van der Waals surface area contributed by atoms with Gasteiger partial charge in [-0.15, -0.1) is 0 Å². The standard InChI is InChI=1S/C19H15ClN4/c1-12-11-13(2)24(23-12)19-21-17-6-4-3-5-16(17)18(22-19)14-7-9-15(20)10-8-14/h3-11H,1-2H3. The molecule has 0 aliphatic carbocycles. The summed E-state index contributed by atoms with van der Waals surface area (Å²) in [5.41, 5.74) is 4.71. The largest absolute Gasteiger partial charge is 0.251 e. The summed E-state index contributed by atoms with van der Waals surface area (Å²) < 4.78 is 1.78. The summed E-state index contributed by atoms with van der Waals surface area (Å²) in [6, 6.07) is 17.7. The third-order valence-corrected chi connectivity index (χ3v) is 4.16. The van der Waals surface area contributed by atoms with Gasteiger partial charge in [-0.3, -0.25) is 0 Å². The number of aromatic nitrogens is 4. The van der Waals surface area contributed by atoms with E-state index < -0.39 is 0 Å². The van der Waals surface area contributed by atoms with Crippen LogP contribution in [0.2, 0.25) is 5.02 Å². The minimum absolute atomic E-state index is 0.573. The number of nitrogens with zero attached hydrogens (tertiary/aromatic N) is 4. The number of hydrogen-bond donors (Lipinski definition) is 0. The Morgan fingerprint density at radius 3 is 2.38 bits per heavy atom. The zero-order chi connectivity index (χ0) is 16.7. The predicted octanol–water partition coefficient (Wildman–Crippen LogP) is 4.75. The van der Waals surface area contributed by atoms with E-state index in [9.17, 15) is 0 Å². The lowest BCUT2D eigenvalue weighted by molar-refractivity contribution is 0.781. The third-order valence-electron chi connectivity index (χ3n) is 3.91. The molecule has 0 aliphatic heterocycles. The maximum atomic E-state index is 6.02. The van der Waals surface area contributed by atoms with Crippen molar-refractivity contribution in [2.45, 2.75) is 13.8 Å². The normalized spacial score (nSPS) is 11.1. The van der Waals surface area contributed by atoms with Gasteiger partial charge in [-0.2, -0.15) is 5.10 Å². The van der Waals surface area contributed by atoms with E-state index in [0.29, 0.717) is 11.0 Å². The van der Waals surface area contributed by atoms with Crippen molar-refractivity contribution in [2.24, 2.45) is 0 Å². The first-order chi connectivity index (χ1) is 11.6. The van der Waals surface area contributed by atoms with Crippen molar-refractivity contribution in [1.29, 1.82) is 0 Å². The fraction of sp³-hybridized carbons (Fsp3) is 0.105. The van der Waals surface area contributed by atoms with Gasteiger partial charge in [0, 0.05) is 21.7 Å². The number of fused-ring (bicyclic) bond motifs is 1. The quantitative estimate of drug-likeness (QED) is 0.531. The molecule has 0 fully saturated rings. The molecule has 24 heavy (non-hydrogen) atoms. The van der Waals surface area contributed by atoms with E-state index in [0.717, 1.165) is 33.5 Å². The molecule has 118 valence electrons. The highest BCUT2D eigenvalue weighted by atomic mass is 35.5. The van der Waals surface area contributed by atoms with Crippen LogP contribution in [0, 0.1) is 13.8 Å². The van der Waals surface area contributed by atoms with Crippen LogP contribution in [0.5, 0.6) is 0 Å². The SMILES string of the molecule is Cc1cc(C)n(-c2nc(-c3ccc(Cl)cc3)c3ccccc3n2)n1. The molecule has 0 spiro atoms. The molecule has 2 aromatic carbocycles. The van der Waals surface area contributed by atoms with Crippen LogP contribution in [0.1, 0.15) is 11.4 Å². The van der Waals surface area contributed by atoms with Gasteiger partial charge in [-0.1, -0.05) is 41.9 Å². The Bertz CT molecular complexity index is 1040. The van der Waals surface area contributed by atoms with Gasteiger partial charge in [0.25, 0.3) is 5.95 Å². The summed E-state index contributed by atoms with van der Waals surface area (Å²) in [5.74, 6) is 0.573. The molecular formula is C19H15ClN4. The van der Waals surface area contributed by atoms with Crippen molar-refractivity contribution >= 4 is 22.5 Å². The van der Waals surface area contributed by atoms with Crippen LogP contribution in [0.3, 0.4) is 0 Å². The minimum atomic E-state index is 0.573. The van der Waals surface area contributed by atoms with Gasteiger partial charge in [0.15, 0.2) is 0 Å². The van der Waals surface area contributed by atoms with Crippen LogP contribution >= 0.6 is 11.6 Å². The molecule has 5 heteroatoms. The highest BCUT2D eigenvalue weighted by Gasteiger charge is 2.13. The van der Waals surface area contributed by atoms with Gasteiger partial charge in [-0.05, 0) is 38.1 Å². The molecule has 0 unspecified atom stereocenters. The highest BCUT2D eigenvalue weighted by molar-refractivity contribution is 6.30. The Balaban J connectivity index is 2.01. The average molecular weight is 335 g/mol. The molecule has 0 amide bonds. The monoisotopic (exact) mass is 334 g/mol. The van der Waals surface area contributed by atoms with Crippen LogP contribution in [0.4, 0.5) is 0 Å². The number of benzene rings is 2. The van der Waals surface area contributed by atoms with E-state index in [1.165, 1.54) is 0 Å². The Morgan fingerprint density at radius 2 is 1.67 bits per heavy atom. The number of hydrogen-bond acceptors (Lipinski definition) is 3. The lowest BCUT2D eigenvalue weighted by Gasteiger charge is -2.10. The van der Waals surface area contributed by atoms with Gasteiger partial charge >= 0.3 is 0 Å². The highest BCUT2D eigenvalue weighted by Crippen LogP contribution is 2.28. The summed E-state index contributed by atoms with van der Waals surface area (Å²) in [6.45, 7) is 3.96. The van der Waals surface area contributed by atoms with Gasteiger partial charge in [0.05, 0.1) is 16.9 Å². The molecule has 0 bridgehead atoms. The first-order valence-electron chi connectivity index (χ1n) is 7.68. The number of para-hydroxylation sites is 1. The van der Waals surface area contributed by atoms with Crippen molar-refractivity contribution in [2.75, 3.05) is 0 Å². The first-order valence-corrected chi connectivity index (χ1v) is 8.06. The van der Waals surface area contributed by atoms with Crippen LogP contribution in [-0.4, -0.2) is 19.7 Å². The van der Waals surface area contributed by atoms with E-state index in [-0.39, 0.29) is 0 Å². The zero-order valence-electron chi connectivity index (χ0n) is 13.4. The topological polar surface area (TPSA) is 43.6 Å². The number of aryl methyl sites for hydroxylation is 2. The summed E-state index contributed by atoms with van der Waals surface area (Å²) in [6.07, 6.45) is 0. The average Bonchev–Trinajstić information content (AvgIpc) is 2.93. The van der Waals surface area contributed by atoms with Crippen molar-refractivity contribution in [3.63, 3.8) is 0 Å². The molecule has 0 atom stereocenters. The second-order valence-electron chi connectivity index (χ2n) is 5.74. The minimum Gasteiger partial charge on any atom is -0.211 e. The smallest absolute Gasteiger partial charge is 0.211 e. The Kier molecular flexibility index (Phi) is 3.54. The molecule has 4 aromatic rings. The van der Waals surface area contributed by atoms with E-state index in [1.54, 1.807) is 4.68 Å². The molecule has 0 saturated heterocycles. The second kappa shape index (κ2) is 5.73. The van der Waals surface area contributed by atoms with E-state index >= 15 is 0 Å². The maximum absolute atomic E-state index is 6.02. The van der Waals surface area contributed by atoms with Crippen molar-refractivity contribution < 1.29 is 0 Å². The predicted molar refractivity (Wildman–Crippen MR) is 96.6 cm³/mol. The maximum Gasteiger partial charge on any atom is 0.251 e. The Morgan fingerprint density at radius 1 is 0.917 bits per heavy atom. The fourth-order valence-electron chi connectivity index (χ4n) is 2.82. The molecule has 4 rings (SSSR count). The first kappa shape index (κ1) is 14.8. The Hall–Kier alpha value is -2.72. The lowest BCUT2D eigenvalue weighted by Crippen LogP contribution is -2.06. The fourth-order valence-corrected chi connectivity index (χ4v) is 2.94. The molecular weight excluding hydrogens is 320 g/mol. The summed E-state index contributed by atoms with van der Waals surface area (Å²) in [4.78, 5) is 9.48. The second-order valence-corrected chi connectivity index (χ2v) is 6.17. The van der Waals surface area contributed by atoms with E-state index in [1.807, 2.05) is 68.4 Å². The van der Waals surface area contributed by atoms with Gasteiger partial charge in [0.1, 0.15) is 0 Å². The number of rotatable bonds is 2. The van der Waals surface area contributed by atoms with Crippen molar-refractivity contribution in [1.82, 2.24) is 19.7 Å². The molecule has 4 nitrogen and oxygen atoms in total. The van der Waals surface area contributed by atoms with Crippen LogP contribution in [0.15, 0.2) is 54.6 Å². The van der Waals surface area contributed by atoms with Gasteiger partial charge in [-0.25, -0.2) is 14.6 Å². The summed E-state index contributed by atoms with van der Waals surface area (Å²) >= 11 is 6.02. The van der Waals surface area contributed by atoms with Crippen LogP contribution in [-0.2, 0) is 0 Å². The molecule has 2 heterocycles. The van der Waals surface area contributed by atoms with Gasteiger partial charge in [0.2, 0.25) is 0 Å². The molecule has 2 aromatic heterocycles. The lowest BCUT2D eigenvalue weighted by atomic mass is 10.1. The molecule has 0 aliphatic rings. The molecule has 0 N–H and O–H groups in total. The summed E-state index contributed by atoms with van der Waals surface area (Å²) in [5, 5.41) is 6.22. The summed E-state index contributed by atoms with van der Waals surface area (Å²) in [7, 11) is 0. The zero-order valence-corrected chi connectivity index (χ0v) is 14.1. The van der Waals surface area contributed by atoms with Crippen LogP contribution in [0.25, 0.3) is 28.1 Å². The van der Waals surface area contributed by atoms with Gasteiger partial charge < -0.3 is 0 Å².